The molecule has 0 aliphatic heterocycles. The van der Waals surface area contributed by atoms with E-state index < -0.39 is 5.41 Å². The third kappa shape index (κ3) is 6.31. The second-order valence-corrected chi connectivity index (χ2v) is 3.74. The van der Waals surface area contributed by atoms with Gasteiger partial charge in [0, 0.05) is 5.41 Å². The lowest BCUT2D eigenvalue weighted by Gasteiger charge is -2.13. The van der Waals surface area contributed by atoms with Crippen molar-refractivity contribution in [2.24, 2.45) is 5.41 Å². The summed E-state index contributed by atoms with van der Waals surface area (Å²) in [5.41, 5.74) is -0.719. The zero-order valence-electron chi connectivity index (χ0n) is 8.55. The highest BCUT2D eigenvalue weighted by atomic mass is 16.5. The van der Waals surface area contributed by atoms with Crippen molar-refractivity contribution in [1.29, 1.82) is 0 Å². The van der Waals surface area contributed by atoms with Crippen LogP contribution in [0.5, 0.6) is 0 Å². The Bertz CT molecular complexity index is 173. The van der Waals surface area contributed by atoms with Crippen LogP contribution in [0.15, 0.2) is 0 Å². The Balaban J connectivity index is 3.68. The molecule has 0 heterocycles. The maximum absolute atomic E-state index is 11.1. The monoisotopic (exact) mass is 185 g/mol. The normalized spacial score (nSPS) is 11.0. The lowest BCUT2D eigenvalue weighted by atomic mass is 9.92. The van der Waals surface area contributed by atoms with E-state index in [9.17, 15) is 9.59 Å². The largest absolute Gasteiger partial charge is 0.466 e. The number of ether oxygens (including phenoxy) is 1. The van der Waals surface area contributed by atoms with Crippen molar-refractivity contribution < 1.29 is 14.3 Å². The first-order valence-corrected chi connectivity index (χ1v) is 4.57. The molecule has 0 saturated carbocycles. The fraction of sp³-hybridized carbons (Fsp3) is 0.800. The lowest BCUT2D eigenvalue weighted by molar-refractivity contribution is -0.145. The van der Waals surface area contributed by atoms with Crippen molar-refractivity contribution >= 4 is 12.3 Å². The molecule has 3 nitrogen and oxygen atoms in total. The van der Waals surface area contributed by atoms with E-state index in [-0.39, 0.29) is 12.4 Å². The van der Waals surface area contributed by atoms with Crippen molar-refractivity contribution in [3.63, 3.8) is 0 Å². The zero-order valence-corrected chi connectivity index (χ0v) is 8.55. The minimum absolute atomic E-state index is 0.111. The predicted octanol–water partition coefficient (Wildman–Crippen LogP) is 1.86. The molecule has 0 aromatic rings. The Labute approximate surface area is 79.5 Å². The molecule has 0 saturated heterocycles. The Hall–Kier alpha value is -0.860. The molecule has 0 unspecified atom stereocenters. The lowest BCUT2D eigenvalue weighted by Crippen LogP contribution is -2.20. The fourth-order valence-corrected chi connectivity index (χ4v) is 0.778. The molecule has 3 heteroatoms. The third-order valence-electron chi connectivity index (χ3n) is 1.62. The van der Waals surface area contributed by atoms with Gasteiger partial charge in [0.05, 0.1) is 13.0 Å². The molecule has 0 rings (SSSR count). The molecule has 0 aliphatic rings. The Morgan fingerprint density at radius 1 is 1.46 bits per heavy atom. The molecule has 1 radical (unpaired) electrons. The van der Waals surface area contributed by atoms with Crippen molar-refractivity contribution in [1.82, 2.24) is 0 Å². The summed E-state index contributed by atoms with van der Waals surface area (Å²) in [6.45, 7) is 5.81. The summed E-state index contributed by atoms with van der Waals surface area (Å²) in [6, 6.07) is 0. The van der Waals surface area contributed by atoms with Gasteiger partial charge in [0.25, 0.3) is 0 Å². The molecular weight excluding hydrogens is 168 g/mol. The minimum Gasteiger partial charge on any atom is -0.466 e. The van der Waals surface area contributed by atoms with Crippen LogP contribution in [0, 0.1) is 5.41 Å². The summed E-state index contributed by atoms with van der Waals surface area (Å²) in [6.07, 6.45) is 3.79. The summed E-state index contributed by atoms with van der Waals surface area (Å²) in [7, 11) is 0. The summed E-state index contributed by atoms with van der Waals surface area (Å²) in [4.78, 5) is 21.5. The van der Waals surface area contributed by atoms with Crippen LogP contribution in [0.3, 0.4) is 0 Å². The Kier molecular flexibility index (Phi) is 5.35. The maximum atomic E-state index is 11.1. The first-order chi connectivity index (χ1) is 6.02. The van der Waals surface area contributed by atoms with Crippen LogP contribution in [0.25, 0.3) is 0 Å². The Morgan fingerprint density at radius 3 is 2.54 bits per heavy atom. The second-order valence-electron chi connectivity index (χ2n) is 3.74. The smallest absolute Gasteiger partial charge is 0.306 e. The van der Waals surface area contributed by atoms with E-state index in [4.69, 9.17) is 4.74 Å². The molecule has 13 heavy (non-hydrogen) atoms. The number of carbonyl (C=O) groups is 1. The molecule has 0 bridgehead atoms. The van der Waals surface area contributed by atoms with Gasteiger partial charge in [0.15, 0.2) is 0 Å². The van der Waals surface area contributed by atoms with Crippen molar-refractivity contribution in [3.8, 4) is 0 Å². The zero-order chi connectivity index (χ0) is 10.3. The molecular formula is C10H17O3. The SMILES string of the molecule is CCCCOC(=O)CC(C)(C)[C]=O. The summed E-state index contributed by atoms with van der Waals surface area (Å²) in [5.74, 6) is -0.318. The van der Waals surface area contributed by atoms with Gasteiger partial charge in [-0.1, -0.05) is 27.2 Å². The molecule has 0 spiro atoms. The first kappa shape index (κ1) is 12.1. The third-order valence-corrected chi connectivity index (χ3v) is 1.62. The second kappa shape index (κ2) is 5.73. The van der Waals surface area contributed by atoms with Gasteiger partial charge in [-0.15, -0.1) is 0 Å². The average molecular weight is 185 g/mol. The fourth-order valence-electron chi connectivity index (χ4n) is 0.778. The predicted molar refractivity (Wildman–Crippen MR) is 50.0 cm³/mol. The van der Waals surface area contributed by atoms with Gasteiger partial charge in [-0.05, 0) is 6.42 Å². The van der Waals surface area contributed by atoms with Gasteiger partial charge in [-0.3, -0.25) is 9.59 Å². The molecule has 0 aromatic carbocycles. The molecule has 0 fully saturated rings. The van der Waals surface area contributed by atoms with Gasteiger partial charge < -0.3 is 4.74 Å². The number of hydrogen-bond acceptors (Lipinski definition) is 3. The average Bonchev–Trinajstić information content (AvgIpc) is 2.04. The van der Waals surface area contributed by atoms with Crippen LogP contribution in [-0.2, 0) is 14.3 Å². The summed E-state index contributed by atoms with van der Waals surface area (Å²) < 4.78 is 4.90. The molecule has 0 aliphatic carbocycles. The van der Waals surface area contributed by atoms with E-state index >= 15 is 0 Å². The van der Waals surface area contributed by atoms with E-state index in [0.29, 0.717) is 6.61 Å². The van der Waals surface area contributed by atoms with E-state index in [1.54, 1.807) is 13.8 Å². The molecule has 0 atom stereocenters. The molecule has 0 N–H and O–H groups in total. The number of esters is 1. The van der Waals surface area contributed by atoms with Gasteiger partial charge in [-0.2, -0.15) is 0 Å². The van der Waals surface area contributed by atoms with Gasteiger partial charge >= 0.3 is 5.97 Å². The van der Waals surface area contributed by atoms with Crippen molar-refractivity contribution in [2.75, 3.05) is 6.61 Å². The van der Waals surface area contributed by atoms with Gasteiger partial charge in [0.2, 0.25) is 6.29 Å². The van der Waals surface area contributed by atoms with E-state index in [2.05, 4.69) is 0 Å². The van der Waals surface area contributed by atoms with Crippen LogP contribution in [0.4, 0.5) is 0 Å². The van der Waals surface area contributed by atoms with E-state index in [1.807, 2.05) is 13.2 Å². The maximum Gasteiger partial charge on any atom is 0.306 e. The van der Waals surface area contributed by atoms with Gasteiger partial charge in [0.1, 0.15) is 0 Å². The first-order valence-electron chi connectivity index (χ1n) is 4.57. The van der Waals surface area contributed by atoms with Crippen LogP contribution in [0.1, 0.15) is 40.0 Å². The van der Waals surface area contributed by atoms with Crippen LogP contribution in [0.2, 0.25) is 0 Å². The topological polar surface area (TPSA) is 43.4 Å². The van der Waals surface area contributed by atoms with Crippen molar-refractivity contribution in [3.05, 3.63) is 0 Å². The quantitative estimate of drug-likeness (QED) is 0.468. The van der Waals surface area contributed by atoms with E-state index in [0.717, 1.165) is 12.8 Å². The highest BCUT2D eigenvalue weighted by molar-refractivity contribution is 5.75. The summed E-state index contributed by atoms with van der Waals surface area (Å²) in [5, 5.41) is 0. The minimum atomic E-state index is -0.719. The summed E-state index contributed by atoms with van der Waals surface area (Å²) >= 11 is 0. The molecule has 0 aromatic heterocycles. The highest BCUT2D eigenvalue weighted by Gasteiger charge is 2.22. The van der Waals surface area contributed by atoms with Crippen molar-refractivity contribution in [2.45, 2.75) is 40.0 Å². The molecule has 75 valence electrons. The Morgan fingerprint density at radius 2 is 2.08 bits per heavy atom. The van der Waals surface area contributed by atoms with E-state index in [1.165, 1.54) is 0 Å². The standard InChI is InChI=1S/C10H17O3/c1-4-5-6-13-9(12)7-10(2,3)8-11/h4-7H2,1-3H3. The van der Waals surface area contributed by atoms with Crippen LogP contribution >= 0.6 is 0 Å². The van der Waals surface area contributed by atoms with Crippen LogP contribution in [-0.4, -0.2) is 18.9 Å². The number of hydrogen-bond donors (Lipinski definition) is 0. The van der Waals surface area contributed by atoms with Gasteiger partial charge in [-0.25, -0.2) is 0 Å². The molecule has 0 amide bonds. The number of unbranched alkanes of at least 4 members (excludes halogenated alkanes) is 1. The number of carbonyl (C=O) groups excluding carboxylic acids is 2. The number of rotatable bonds is 6. The highest BCUT2D eigenvalue weighted by Crippen LogP contribution is 2.17. The van der Waals surface area contributed by atoms with Crippen LogP contribution < -0.4 is 0 Å².